The van der Waals surface area contributed by atoms with Crippen molar-refractivity contribution >= 4 is 21.4 Å². The maximum atomic E-state index is 12.1. The van der Waals surface area contributed by atoms with Crippen molar-refractivity contribution in [1.29, 1.82) is 0 Å². The van der Waals surface area contributed by atoms with E-state index >= 15 is 0 Å². The van der Waals surface area contributed by atoms with Crippen LogP contribution in [-0.2, 0) is 17.1 Å². The normalized spacial score (nSPS) is 11.2. The third kappa shape index (κ3) is 2.94. The van der Waals surface area contributed by atoms with Gasteiger partial charge in [0.25, 0.3) is 10.0 Å². The summed E-state index contributed by atoms with van der Waals surface area (Å²) in [5.74, 6) is 0. The van der Waals surface area contributed by atoms with Crippen LogP contribution in [0.25, 0.3) is 0 Å². The predicted octanol–water partition coefficient (Wildman–Crippen LogP) is 0.768. The van der Waals surface area contributed by atoms with Gasteiger partial charge in [-0.1, -0.05) is 0 Å². The summed E-state index contributed by atoms with van der Waals surface area (Å²) in [6.07, 6.45) is 1.41. The number of nitrogens with one attached hydrogen (secondary N) is 1. The number of hydrogen-bond acceptors (Lipinski definition) is 4. The molecule has 7 heteroatoms. The summed E-state index contributed by atoms with van der Waals surface area (Å²) in [5, 5.41) is 0. The maximum absolute atomic E-state index is 12.1. The van der Waals surface area contributed by atoms with Gasteiger partial charge in [0.1, 0.15) is 0 Å². The lowest BCUT2D eigenvalue weighted by atomic mass is 10.3. The number of aromatic nitrogens is 1. The molecule has 19 heavy (non-hydrogen) atoms. The van der Waals surface area contributed by atoms with Crippen molar-refractivity contribution in [2.45, 2.75) is 4.90 Å². The molecule has 0 amide bonds. The number of sulfonamides is 1. The van der Waals surface area contributed by atoms with Crippen LogP contribution in [0.4, 0.5) is 11.4 Å². The lowest BCUT2D eigenvalue weighted by Gasteiger charge is -2.09. The second-order valence-corrected chi connectivity index (χ2v) is 5.72. The first-order valence-electron chi connectivity index (χ1n) is 5.43. The van der Waals surface area contributed by atoms with Gasteiger partial charge in [-0.2, -0.15) is 0 Å². The number of nitrogens with zero attached hydrogens (tertiary/aromatic N) is 1. The number of pyridine rings is 1. The number of rotatable bonds is 3. The molecule has 0 aliphatic heterocycles. The fraction of sp³-hybridized carbons (Fsp3) is 0.0833. The summed E-state index contributed by atoms with van der Waals surface area (Å²) in [6, 6.07) is 8.56. The summed E-state index contributed by atoms with van der Waals surface area (Å²) in [6.45, 7) is 0. The predicted molar refractivity (Wildman–Crippen MR) is 73.3 cm³/mol. The summed E-state index contributed by atoms with van der Waals surface area (Å²) in [5.41, 5.74) is 6.10. The third-order valence-electron chi connectivity index (χ3n) is 2.53. The van der Waals surface area contributed by atoms with Gasteiger partial charge in [0.05, 0.1) is 10.6 Å². The second-order valence-electron chi connectivity index (χ2n) is 4.04. The molecule has 0 radical (unpaired) electrons. The van der Waals surface area contributed by atoms with Gasteiger partial charge >= 0.3 is 0 Å². The molecule has 0 saturated heterocycles. The molecule has 0 aliphatic carbocycles. The van der Waals surface area contributed by atoms with E-state index in [4.69, 9.17) is 5.73 Å². The van der Waals surface area contributed by atoms with Crippen molar-refractivity contribution in [3.63, 3.8) is 0 Å². The van der Waals surface area contributed by atoms with Crippen LogP contribution >= 0.6 is 0 Å². The number of nitrogen functional groups attached to an aromatic ring is 1. The zero-order valence-corrected chi connectivity index (χ0v) is 11.0. The Labute approximate surface area is 110 Å². The number of nitrogens with two attached hydrogens (primary N) is 1. The van der Waals surface area contributed by atoms with Gasteiger partial charge < -0.3 is 10.3 Å². The average molecular weight is 279 g/mol. The first-order chi connectivity index (χ1) is 8.88. The zero-order chi connectivity index (χ0) is 14.0. The van der Waals surface area contributed by atoms with Crippen molar-refractivity contribution in [3.8, 4) is 0 Å². The highest BCUT2D eigenvalue weighted by atomic mass is 32.2. The molecule has 6 nitrogen and oxygen atoms in total. The van der Waals surface area contributed by atoms with Crippen LogP contribution in [0, 0.1) is 0 Å². The van der Waals surface area contributed by atoms with Gasteiger partial charge in [0, 0.05) is 25.0 Å². The van der Waals surface area contributed by atoms with E-state index in [1.54, 1.807) is 7.05 Å². The minimum Gasteiger partial charge on any atom is -0.399 e. The molecule has 0 spiro atoms. The standard InChI is InChI=1S/C12H13N3O3S/c1-15-8-10(4-7-12(15)16)14-19(17,18)11-5-2-9(13)3-6-11/h2-8,14H,13H2,1H3. The molecule has 1 heterocycles. The van der Waals surface area contributed by atoms with Crippen molar-refractivity contribution in [2.75, 3.05) is 10.5 Å². The van der Waals surface area contributed by atoms with Gasteiger partial charge in [-0.3, -0.25) is 9.52 Å². The van der Waals surface area contributed by atoms with E-state index in [1.807, 2.05) is 0 Å². The Balaban J connectivity index is 2.33. The third-order valence-corrected chi connectivity index (χ3v) is 3.93. The highest BCUT2D eigenvalue weighted by Gasteiger charge is 2.13. The van der Waals surface area contributed by atoms with Crippen molar-refractivity contribution < 1.29 is 8.42 Å². The van der Waals surface area contributed by atoms with E-state index in [2.05, 4.69) is 4.72 Å². The van der Waals surface area contributed by atoms with Gasteiger partial charge in [-0.05, 0) is 30.3 Å². The summed E-state index contributed by atoms with van der Waals surface area (Å²) in [4.78, 5) is 11.3. The minimum absolute atomic E-state index is 0.107. The molecule has 1 aromatic heterocycles. The quantitative estimate of drug-likeness (QED) is 0.811. The molecule has 3 N–H and O–H groups in total. The van der Waals surface area contributed by atoms with E-state index in [0.29, 0.717) is 11.4 Å². The average Bonchev–Trinajstić information content (AvgIpc) is 2.34. The first-order valence-corrected chi connectivity index (χ1v) is 6.92. The van der Waals surface area contributed by atoms with Crippen molar-refractivity contribution in [1.82, 2.24) is 4.57 Å². The Morgan fingerprint density at radius 2 is 1.74 bits per heavy atom. The number of anilines is 2. The highest BCUT2D eigenvalue weighted by Crippen LogP contribution is 2.16. The minimum atomic E-state index is -3.68. The monoisotopic (exact) mass is 279 g/mol. The molecular formula is C12H13N3O3S. The van der Waals surface area contributed by atoms with Crippen LogP contribution in [0.3, 0.4) is 0 Å². The summed E-state index contributed by atoms with van der Waals surface area (Å²) >= 11 is 0. The Morgan fingerprint density at radius 3 is 2.32 bits per heavy atom. The van der Waals surface area contributed by atoms with E-state index < -0.39 is 10.0 Å². The molecule has 0 atom stereocenters. The van der Waals surface area contributed by atoms with Crippen molar-refractivity contribution in [2.24, 2.45) is 7.05 Å². The maximum Gasteiger partial charge on any atom is 0.261 e. The molecular weight excluding hydrogens is 266 g/mol. The topological polar surface area (TPSA) is 94.2 Å². The fourth-order valence-corrected chi connectivity index (χ4v) is 2.56. The summed E-state index contributed by atoms with van der Waals surface area (Å²) in [7, 11) is -2.14. The molecule has 0 aliphatic rings. The first kappa shape index (κ1) is 13.2. The molecule has 2 aromatic rings. The van der Waals surface area contributed by atoms with Gasteiger partial charge in [0.15, 0.2) is 0 Å². The number of benzene rings is 1. The van der Waals surface area contributed by atoms with E-state index in [9.17, 15) is 13.2 Å². The fourth-order valence-electron chi connectivity index (χ4n) is 1.52. The SMILES string of the molecule is Cn1cc(NS(=O)(=O)c2ccc(N)cc2)ccc1=O. The number of aryl methyl sites for hydroxylation is 1. The smallest absolute Gasteiger partial charge is 0.261 e. The van der Waals surface area contributed by atoms with Crippen LogP contribution in [0.2, 0.25) is 0 Å². The summed E-state index contributed by atoms with van der Waals surface area (Å²) < 4.78 is 27.8. The molecule has 0 fully saturated rings. The van der Waals surface area contributed by atoms with Crippen LogP contribution < -0.4 is 16.0 Å². The molecule has 0 saturated carbocycles. The Bertz CT molecular complexity index is 749. The van der Waals surface area contributed by atoms with Gasteiger partial charge in [-0.25, -0.2) is 8.42 Å². The van der Waals surface area contributed by atoms with Gasteiger partial charge in [-0.15, -0.1) is 0 Å². The molecule has 0 unspecified atom stereocenters. The Hall–Kier alpha value is -2.28. The lowest BCUT2D eigenvalue weighted by Crippen LogP contribution is -2.18. The Kier molecular flexibility index (Phi) is 3.30. The highest BCUT2D eigenvalue weighted by molar-refractivity contribution is 7.92. The van der Waals surface area contributed by atoms with Crippen LogP contribution in [0.15, 0.2) is 52.3 Å². The van der Waals surface area contributed by atoms with E-state index in [-0.39, 0.29) is 10.5 Å². The second kappa shape index (κ2) is 4.77. The molecule has 100 valence electrons. The van der Waals surface area contributed by atoms with Crippen molar-refractivity contribution in [3.05, 3.63) is 52.9 Å². The Morgan fingerprint density at radius 1 is 1.11 bits per heavy atom. The zero-order valence-electron chi connectivity index (χ0n) is 10.2. The van der Waals surface area contributed by atoms with E-state index in [1.165, 1.54) is 47.2 Å². The van der Waals surface area contributed by atoms with Crippen LogP contribution in [0.5, 0.6) is 0 Å². The molecule has 1 aromatic carbocycles. The molecule has 2 rings (SSSR count). The van der Waals surface area contributed by atoms with Crippen LogP contribution in [-0.4, -0.2) is 13.0 Å². The van der Waals surface area contributed by atoms with Gasteiger partial charge in [0.2, 0.25) is 5.56 Å². The largest absolute Gasteiger partial charge is 0.399 e. The van der Waals surface area contributed by atoms with Crippen LogP contribution in [0.1, 0.15) is 0 Å². The lowest BCUT2D eigenvalue weighted by molar-refractivity contribution is 0.601. The molecule has 0 bridgehead atoms. The number of hydrogen-bond donors (Lipinski definition) is 2. The van der Waals surface area contributed by atoms with E-state index in [0.717, 1.165) is 0 Å².